The minimum atomic E-state index is -0.458. The topological polar surface area (TPSA) is 114 Å². The van der Waals surface area contributed by atoms with E-state index in [-0.39, 0.29) is 32.4 Å². The van der Waals surface area contributed by atoms with Crippen LogP contribution in [-0.4, -0.2) is 49.3 Å². The van der Waals surface area contributed by atoms with Crippen molar-refractivity contribution in [2.75, 3.05) is 31.2 Å². The van der Waals surface area contributed by atoms with Gasteiger partial charge < -0.3 is 19.1 Å². The lowest BCUT2D eigenvalue weighted by Crippen LogP contribution is -2.36. The highest BCUT2D eigenvalue weighted by molar-refractivity contribution is 7.22. The molecule has 1 N–H and O–H groups in total. The van der Waals surface area contributed by atoms with Crippen molar-refractivity contribution >= 4 is 44.3 Å². The number of benzene rings is 1. The fourth-order valence-corrected chi connectivity index (χ4v) is 3.78. The smallest absolute Gasteiger partial charge is 0.325 e. The van der Waals surface area contributed by atoms with Gasteiger partial charge in [-0.25, -0.2) is 10.5 Å². The average Bonchev–Trinajstić information content (AvgIpc) is 3.14. The number of aromatic nitrogens is 1. The maximum atomic E-state index is 12.0. The maximum Gasteiger partial charge on any atom is 0.325 e. The summed E-state index contributed by atoms with van der Waals surface area (Å²) in [5, 5.41) is 4.06. The summed E-state index contributed by atoms with van der Waals surface area (Å²) >= 11 is 1.29. The first-order valence-corrected chi connectivity index (χ1v) is 10.8. The molecule has 0 fully saturated rings. The highest BCUT2D eigenvalue weighted by Gasteiger charge is 2.21. The highest BCUT2D eigenvalue weighted by atomic mass is 32.1. The Hall–Kier alpha value is -2.75. The Morgan fingerprint density at radius 1 is 1.10 bits per heavy atom. The van der Waals surface area contributed by atoms with E-state index in [1.54, 1.807) is 26.0 Å². The van der Waals surface area contributed by atoms with Gasteiger partial charge in [-0.2, -0.15) is 5.11 Å². The lowest BCUT2D eigenvalue weighted by molar-refractivity contribution is -0.142. The molecule has 0 amide bonds. The molecule has 9 nitrogen and oxygen atoms in total. The van der Waals surface area contributed by atoms with Gasteiger partial charge in [0.1, 0.15) is 24.5 Å². The van der Waals surface area contributed by atoms with Crippen molar-refractivity contribution in [3.8, 4) is 5.75 Å². The first kappa shape index (κ1) is 23.5. The van der Waals surface area contributed by atoms with E-state index in [1.807, 2.05) is 13.8 Å². The first-order valence-electron chi connectivity index (χ1n) is 10.00. The summed E-state index contributed by atoms with van der Waals surface area (Å²) < 4.78 is 16.8. The monoisotopic (exact) mass is 436 g/mol. The third-order valence-electron chi connectivity index (χ3n) is 4.30. The number of nitrogens with zero attached hydrogens (tertiary/aromatic N) is 3. The van der Waals surface area contributed by atoms with Crippen LogP contribution in [0.1, 0.15) is 40.5 Å². The quantitative estimate of drug-likeness (QED) is 0.386. The van der Waals surface area contributed by atoms with E-state index in [0.29, 0.717) is 22.1 Å². The van der Waals surface area contributed by atoms with Crippen molar-refractivity contribution < 1.29 is 23.8 Å². The molecule has 0 spiro atoms. The minimum absolute atomic E-state index is 0.0187. The van der Waals surface area contributed by atoms with E-state index in [9.17, 15) is 9.59 Å². The van der Waals surface area contributed by atoms with Crippen LogP contribution in [0.2, 0.25) is 0 Å². The van der Waals surface area contributed by atoms with Crippen molar-refractivity contribution in [2.24, 2.45) is 5.11 Å². The van der Waals surface area contributed by atoms with Crippen molar-refractivity contribution in [1.29, 1.82) is 5.53 Å². The molecule has 0 unspecified atom stereocenters. The van der Waals surface area contributed by atoms with Crippen molar-refractivity contribution in [3.63, 3.8) is 0 Å². The number of carbonyl (C=O) groups excluding carboxylic acids is 2. The molecule has 1 aromatic carbocycles. The third kappa shape index (κ3) is 6.12. The minimum Gasteiger partial charge on any atom is -0.488 e. The normalized spacial score (nSPS) is 10.8. The van der Waals surface area contributed by atoms with Gasteiger partial charge in [-0.15, -0.1) is 0 Å². The molecule has 0 radical (unpaired) electrons. The second kappa shape index (κ2) is 11.4. The van der Waals surface area contributed by atoms with Crippen LogP contribution in [0.3, 0.4) is 0 Å². The molecule has 0 aliphatic heterocycles. The number of nitrogens with one attached hydrogen (secondary N) is 1. The van der Waals surface area contributed by atoms with Crippen LogP contribution in [0.15, 0.2) is 17.2 Å². The molecule has 2 rings (SSSR count). The lowest BCUT2D eigenvalue weighted by atomic mass is 10.2. The van der Waals surface area contributed by atoms with Gasteiger partial charge in [0, 0.05) is 6.07 Å². The Morgan fingerprint density at radius 2 is 1.70 bits per heavy atom. The number of ether oxygens (including phenoxy) is 3. The molecule has 0 saturated carbocycles. The van der Waals surface area contributed by atoms with Crippen LogP contribution in [-0.2, 0) is 19.1 Å². The van der Waals surface area contributed by atoms with E-state index >= 15 is 0 Å². The summed E-state index contributed by atoms with van der Waals surface area (Å²) in [7, 11) is 0. The number of rotatable bonds is 12. The Morgan fingerprint density at radius 3 is 2.20 bits per heavy atom. The van der Waals surface area contributed by atoms with Crippen molar-refractivity contribution in [1.82, 2.24) is 4.98 Å². The zero-order valence-electron chi connectivity index (χ0n) is 17.8. The Labute approximate surface area is 179 Å². The molecule has 0 aliphatic rings. The van der Waals surface area contributed by atoms with Crippen LogP contribution in [0, 0.1) is 5.53 Å². The summed E-state index contributed by atoms with van der Waals surface area (Å²) in [6, 6.07) is 3.47. The van der Waals surface area contributed by atoms with Crippen LogP contribution >= 0.6 is 11.3 Å². The second-order valence-electron chi connectivity index (χ2n) is 6.42. The third-order valence-corrected chi connectivity index (χ3v) is 5.38. The van der Waals surface area contributed by atoms with Crippen LogP contribution in [0.4, 0.5) is 10.8 Å². The molecule has 1 aromatic heterocycles. The Bertz CT molecular complexity index is 861. The molecule has 1 heterocycles. The molecule has 30 heavy (non-hydrogen) atoms. The SMILES string of the molecule is CCOC(=O)CN(CC(=O)OCC)c1nc2cc(OC(CC)CC)c(N=N)cc2s1. The van der Waals surface area contributed by atoms with E-state index in [1.165, 1.54) is 16.2 Å². The molecule has 2 aromatic rings. The van der Waals surface area contributed by atoms with Crippen molar-refractivity contribution in [3.05, 3.63) is 12.1 Å². The summed E-state index contributed by atoms with van der Waals surface area (Å²) in [5.41, 5.74) is 8.53. The largest absolute Gasteiger partial charge is 0.488 e. The fourth-order valence-electron chi connectivity index (χ4n) is 2.80. The summed E-state index contributed by atoms with van der Waals surface area (Å²) in [5.74, 6) is -0.424. The molecular formula is C20H28N4O5S. The van der Waals surface area contributed by atoms with Crippen LogP contribution < -0.4 is 9.64 Å². The van der Waals surface area contributed by atoms with Gasteiger partial charge >= 0.3 is 11.9 Å². The fraction of sp³-hybridized carbons (Fsp3) is 0.550. The number of hydrogen-bond acceptors (Lipinski definition) is 10. The summed E-state index contributed by atoms with van der Waals surface area (Å²) in [6.45, 7) is 7.76. The number of thiazole rings is 1. The molecular weight excluding hydrogens is 408 g/mol. The van der Waals surface area contributed by atoms with E-state index < -0.39 is 11.9 Å². The second-order valence-corrected chi connectivity index (χ2v) is 7.43. The molecule has 10 heteroatoms. The van der Waals surface area contributed by atoms with Crippen molar-refractivity contribution in [2.45, 2.75) is 46.6 Å². The zero-order valence-corrected chi connectivity index (χ0v) is 18.6. The number of anilines is 1. The predicted octanol–water partition coefficient (Wildman–Crippen LogP) is 4.46. The zero-order chi connectivity index (χ0) is 22.1. The van der Waals surface area contributed by atoms with Gasteiger partial charge in [-0.05, 0) is 32.8 Å². The van der Waals surface area contributed by atoms with Gasteiger partial charge in [0.2, 0.25) is 0 Å². The van der Waals surface area contributed by atoms with Gasteiger partial charge in [0.05, 0.1) is 29.5 Å². The summed E-state index contributed by atoms with van der Waals surface area (Å²) in [4.78, 5) is 30.2. The highest BCUT2D eigenvalue weighted by Crippen LogP contribution is 2.38. The molecule has 164 valence electrons. The molecule has 0 bridgehead atoms. The standard InChI is InChI=1S/C20H28N4O5S/c1-5-13(6-2)29-16-9-15-17(10-14(16)23-21)30-20(22-15)24(11-18(25)27-7-3)12-19(26)28-8-4/h9-10,13,21H,5-8,11-12H2,1-4H3. The number of fused-ring (bicyclic) bond motifs is 1. The number of carbonyl (C=O) groups is 2. The number of esters is 2. The molecule has 0 atom stereocenters. The van der Waals surface area contributed by atoms with Gasteiger partial charge in [-0.1, -0.05) is 25.2 Å². The van der Waals surface area contributed by atoms with E-state index in [4.69, 9.17) is 19.7 Å². The van der Waals surface area contributed by atoms with Crippen LogP contribution in [0.5, 0.6) is 5.75 Å². The average molecular weight is 437 g/mol. The maximum absolute atomic E-state index is 12.0. The first-order chi connectivity index (χ1) is 14.4. The summed E-state index contributed by atoms with van der Waals surface area (Å²) in [6.07, 6.45) is 1.69. The van der Waals surface area contributed by atoms with Gasteiger partial charge in [0.25, 0.3) is 0 Å². The van der Waals surface area contributed by atoms with E-state index in [2.05, 4.69) is 10.1 Å². The molecule has 0 saturated heterocycles. The number of hydrogen-bond donors (Lipinski definition) is 1. The Balaban J connectivity index is 2.39. The molecule has 0 aliphatic carbocycles. The Kier molecular flexibility index (Phi) is 8.97. The lowest BCUT2D eigenvalue weighted by Gasteiger charge is -2.19. The van der Waals surface area contributed by atoms with Crippen LogP contribution in [0.25, 0.3) is 10.2 Å². The van der Waals surface area contributed by atoms with Gasteiger partial charge in [0.15, 0.2) is 5.13 Å². The van der Waals surface area contributed by atoms with E-state index in [0.717, 1.165) is 17.5 Å². The van der Waals surface area contributed by atoms with Gasteiger partial charge in [-0.3, -0.25) is 9.59 Å². The predicted molar refractivity (Wildman–Crippen MR) is 115 cm³/mol.